The van der Waals surface area contributed by atoms with E-state index >= 15 is 0 Å². The van der Waals surface area contributed by atoms with Gasteiger partial charge >= 0.3 is 0 Å². The van der Waals surface area contributed by atoms with Crippen LogP contribution in [0.25, 0.3) is 0 Å². The first-order chi connectivity index (χ1) is 19.5. The highest BCUT2D eigenvalue weighted by molar-refractivity contribution is 7.89. The van der Waals surface area contributed by atoms with E-state index in [0.717, 1.165) is 25.7 Å². The number of fused-ring (bicyclic) bond motifs is 1. The third-order valence-corrected chi connectivity index (χ3v) is 11.8. The quantitative estimate of drug-likeness (QED) is 0.480. The van der Waals surface area contributed by atoms with Gasteiger partial charge in [0, 0.05) is 37.0 Å². The molecule has 3 atom stereocenters. The summed E-state index contributed by atoms with van der Waals surface area (Å²) in [4.78, 5) is 0.0802. The minimum atomic E-state index is -4.01. The highest BCUT2D eigenvalue weighted by Gasteiger charge is 2.39. The van der Waals surface area contributed by atoms with Crippen LogP contribution < -0.4 is 9.47 Å². The predicted octanol–water partition coefficient (Wildman–Crippen LogP) is 3.72. The van der Waals surface area contributed by atoms with E-state index in [1.165, 1.54) is 47.4 Å². The van der Waals surface area contributed by atoms with Gasteiger partial charge in [0.1, 0.15) is 22.5 Å². The molecule has 0 spiro atoms. The Morgan fingerprint density at radius 1 is 1.15 bits per heavy atom. The van der Waals surface area contributed by atoms with Crippen molar-refractivity contribution in [3.8, 4) is 23.3 Å². The first-order valence-electron chi connectivity index (χ1n) is 14.0. The van der Waals surface area contributed by atoms with E-state index in [1.54, 1.807) is 31.2 Å². The first-order valence-corrected chi connectivity index (χ1v) is 16.9. The van der Waals surface area contributed by atoms with Crippen molar-refractivity contribution in [1.82, 2.24) is 8.61 Å². The molecule has 2 aliphatic rings. The number of likely N-dealkylation sites (N-methyl/N-ethyl adjacent to an activating group) is 1. The summed E-state index contributed by atoms with van der Waals surface area (Å²) in [5.41, 5.74) is 0.637. The predicted molar refractivity (Wildman–Crippen MR) is 157 cm³/mol. The standard InChI is InChI=1S/C30H40N2O7S2/c1-22-19-32(23(2)21-33)41(36,37)30-17-12-25(11-10-24-8-6-5-7-9-24)18-28(30)39-29(22)20-31(3)40(34,35)27-15-13-26(38-4)14-16-27/h12-18,22-24,29,33H,5-9,19-21H2,1-4H3/t22-,23-,29+/m0/s1. The van der Waals surface area contributed by atoms with Crippen LogP contribution in [0.5, 0.6) is 11.5 Å². The van der Waals surface area contributed by atoms with Gasteiger partial charge in [0.15, 0.2) is 0 Å². The molecule has 2 aromatic rings. The topological polar surface area (TPSA) is 113 Å². The van der Waals surface area contributed by atoms with Gasteiger partial charge in [-0.05, 0) is 62.2 Å². The lowest BCUT2D eigenvalue weighted by molar-refractivity contribution is 0.0904. The van der Waals surface area contributed by atoms with E-state index in [-0.39, 0.29) is 35.2 Å². The van der Waals surface area contributed by atoms with Crippen molar-refractivity contribution in [2.45, 2.75) is 67.9 Å². The lowest BCUT2D eigenvalue weighted by Crippen LogP contribution is -2.50. The Labute approximate surface area is 244 Å². The summed E-state index contributed by atoms with van der Waals surface area (Å²) in [6.45, 7) is 3.14. The maximum atomic E-state index is 13.7. The molecule has 0 amide bonds. The van der Waals surface area contributed by atoms with Crippen LogP contribution in [-0.2, 0) is 20.0 Å². The van der Waals surface area contributed by atoms with Gasteiger partial charge in [-0.15, -0.1) is 0 Å². The van der Waals surface area contributed by atoms with E-state index < -0.39 is 38.1 Å². The van der Waals surface area contributed by atoms with E-state index in [2.05, 4.69) is 11.8 Å². The molecule has 0 aromatic heterocycles. The Morgan fingerprint density at radius 2 is 1.83 bits per heavy atom. The SMILES string of the molecule is COc1ccc(S(=O)(=O)N(C)C[C@H]2Oc3cc(C#CC4CCCCC4)ccc3S(=O)(=O)N([C@@H](C)CO)C[C@@H]2C)cc1. The van der Waals surface area contributed by atoms with Crippen LogP contribution >= 0.6 is 0 Å². The summed E-state index contributed by atoms with van der Waals surface area (Å²) < 4.78 is 68.3. The third kappa shape index (κ3) is 7.07. The number of rotatable bonds is 7. The molecule has 0 saturated heterocycles. The summed E-state index contributed by atoms with van der Waals surface area (Å²) in [7, 11) is -4.89. The fourth-order valence-electron chi connectivity index (χ4n) is 5.23. The van der Waals surface area contributed by atoms with Gasteiger partial charge in [-0.3, -0.25) is 0 Å². The number of aliphatic hydroxyl groups is 1. The molecule has 41 heavy (non-hydrogen) atoms. The van der Waals surface area contributed by atoms with E-state index in [0.29, 0.717) is 17.2 Å². The number of sulfonamides is 2. The first kappa shape index (κ1) is 31.3. The molecule has 9 nitrogen and oxygen atoms in total. The molecular weight excluding hydrogens is 564 g/mol. The second-order valence-corrected chi connectivity index (χ2v) is 14.9. The van der Waals surface area contributed by atoms with Crippen LogP contribution in [-0.4, -0.2) is 76.6 Å². The van der Waals surface area contributed by atoms with Crippen LogP contribution in [0.4, 0.5) is 0 Å². The largest absolute Gasteiger partial charge is 0.497 e. The third-order valence-electron chi connectivity index (χ3n) is 7.90. The molecule has 0 bridgehead atoms. The summed E-state index contributed by atoms with van der Waals surface area (Å²) in [5, 5.41) is 9.88. The van der Waals surface area contributed by atoms with E-state index in [9.17, 15) is 21.9 Å². The molecule has 224 valence electrons. The molecule has 1 aliphatic carbocycles. The minimum absolute atomic E-state index is 0.0195. The number of nitrogens with zero attached hydrogens (tertiary/aromatic N) is 2. The molecule has 1 fully saturated rings. The Bertz CT molecular complexity index is 1470. The highest BCUT2D eigenvalue weighted by atomic mass is 32.2. The summed E-state index contributed by atoms with van der Waals surface area (Å²) >= 11 is 0. The zero-order valence-corrected chi connectivity index (χ0v) is 25.7. The maximum absolute atomic E-state index is 13.7. The van der Waals surface area contributed by atoms with Crippen LogP contribution in [0.1, 0.15) is 51.5 Å². The van der Waals surface area contributed by atoms with Gasteiger partial charge in [-0.2, -0.15) is 8.61 Å². The van der Waals surface area contributed by atoms with E-state index in [1.807, 2.05) is 6.92 Å². The average Bonchev–Trinajstić information content (AvgIpc) is 2.97. The van der Waals surface area contributed by atoms with Gasteiger partial charge in [0.25, 0.3) is 0 Å². The monoisotopic (exact) mass is 604 g/mol. The molecule has 1 N–H and O–H groups in total. The van der Waals surface area contributed by atoms with Crippen LogP contribution in [0, 0.1) is 23.7 Å². The Hall–Kier alpha value is -2.62. The molecule has 1 aliphatic heterocycles. The number of hydrogen-bond donors (Lipinski definition) is 1. The van der Waals surface area contributed by atoms with Gasteiger partial charge in [0.2, 0.25) is 20.0 Å². The Balaban J connectivity index is 1.69. The van der Waals surface area contributed by atoms with Crippen LogP contribution in [0.3, 0.4) is 0 Å². The highest BCUT2D eigenvalue weighted by Crippen LogP contribution is 2.35. The molecule has 2 aromatic carbocycles. The van der Waals surface area contributed by atoms with Crippen molar-refractivity contribution in [3.05, 3.63) is 48.0 Å². The van der Waals surface area contributed by atoms with E-state index in [4.69, 9.17) is 9.47 Å². The number of ether oxygens (including phenoxy) is 2. The zero-order chi connectivity index (χ0) is 29.8. The van der Waals surface area contributed by atoms with Crippen molar-refractivity contribution in [1.29, 1.82) is 0 Å². The second kappa shape index (κ2) is 13.1. The summed E-state index contributed by atoms with van der Waals surface area (Å²) in [5.74, 6) is 7.12. The summed E-state index contributed by atoms with van der Waals surface area (Å²) in [6, 6.07) is 10.3. The zero-order valence-electron chi connectivity index (χ0n) is 24.1. The maximum Gasteiger partial charge on any atom is 0.247 e. The smallest absolute Gasteiger partial charge is 0.247 e. The summed E-state index contributed by atoms with van der Waals surface area (Å²) in [6.07, 6.45) is 4.99. The van der Waals surface area contributed by atoms with Gasteiger partial charge in [-0.25, -0.2) is 16.8 Å². The average molecular weight is 605 g/mol. The fraction of sp³-hybridized carbons (Fsp3) is 0.533. The molecule has 0 radical (unpaired) electrons. The second-order valence-electron chi connectivity index (χ2n) is 11.0. The Kier molecular flexibility index (Phi) is 10.0. The van der Waals surface area contributed by atoms with Gasteiger partial charge in [-0.1, -0.05) is 38.0 Å². The van der Waals surface area contributed by atoms with Crippen LogP contribution in [0.2, 0.25) is 0 Å². The van der Waals surface area contributed by atoms with Crippen molar-refractivity contribution in [2.24, 2.45) is 11.8 Å². The molecule has 1 heterocycles. The Morgan fingerprint density at radius 3 is 2.46 bits per heavy atom. The fourth-order valence-corrected chi connectivity index (χ4v) is 8.24. The molecule has 0 unspecified atom stereocenters. The minimum Gasteiger partial charge on any atom is -0.497 e. The lowest BCUT2D eigenvalue weighted by Gasteiger charge is -2.37. The van der Waals surface area contributed by atoms with Crippen molar-refractivity contribution >= 4 is 20.0 Å². The number of aliphatic hydroxyl groups excluding tert-OH is 1. The van der Waals surface area contributed by atoms with Crippen molar-refractivity contribution in [2.75, 3.05) is 33.9 Å². The van der Waals surface area contributed by atoms with Crippen molar-refractivity contribution < 1.29 is 31.4 Å². The molecule has 11 heteroatoms. The number of benzene rings is 2. The van der Waals surface area contributed by atoms with Crippen molar-refractivity contribution in [3.63, 3.8) is 0 Å². The molecule has 1 saturated carbocycles. The molecule has 4 rings (SSSR count). The number of methoxy groups -OCH3 is 1. The van der Waals surface area contributed by atoms with Gasteiger partial charge in [0.05, 0.1) is 25.2 Å². The van der Waals surface area contributed by atoms with Gasteiger partial charge < -0.3 is 14.6 Å². The van der Waals surface area contributed by atoms with Crippen LogP contribution in [0.15, 0.2) is 52.3 Å². The molecular formula is C30H40N2O7S2. The normalized spacial score (nSPS) is 22.4. The number of hydrogen-bond acceptors (Lipinski definition) is 7. The lowest BCUT2D eigenvalue weighted by atomic mass is 9.90.